The Balaban J connectivity index is 1.83. The molecule has 0 atom stereocenters. The molecule has 3 aromatic rings. The highest BCUT2D eigenvalue weighted by Gasteiger charge is 2.08. The van der Waals surface area contributed by atoms with E-state index in [1.807, 2.05) is 16.7 Å². The first kappa shape index (κ1) is 13.6. The van der Waals surface area contributed by atoms with Gasteiger partial charge in [-0.15, -0.1) is 0 Å². The Kier molecular flexibility index (Phi) is 3.74. The second-order valence-electron chi connectivity index (χ2n) is 4.18. The van der Waals surface area contributed by atoms with Crippen LogP contribution in [0.5, 0.6) is 5.75 Å². The van der Waals surface area contributed by atoms with Crippen molar-refractivity contribution in [1.82, 2.24) is 9.38 Å². The minimum Gasteiger partial charge on any atom is -0.484 e. The van der Waals surface area contributed by atoms with E-state index in [2.05, 4.69) is 4.98 Å². The van der Waals surface area contributed by atoms with Crippen molar-refractivity contribution in [3.8, 4) is 5.75 Å². The number of ether oxygens (including phenoxy) is 1. The van der Waals surface area contributed by atoms with E-state index in [0.717, 1.165) is 11.3 Å². The van der Waals surface area contributed by atoms with Gasteiger partial charge in [-0.25, -0.2) is 4.98 Å². The van der Waals surface area contributed by atoms with Gasteiger partial charge in [-0.05, 0) is 24.3 Å². The molecule has 3 nitrogen and oxygen atoms in total. The zero-order valence-corrected chi connectivity index (χ0v) is 12.5. The molecule has 2 aromatic heterocycles. The lowest BCUT2D eigenvalue weighted by Crippen LogP contribution is -1.96. The predicted octanol–water partition coefficient (Wildman–Crippen LogP) is 4.87. The van der Waals surface area contributed by atoms with Gasteiger partial charge in [-0.1, -0.05) is 40.9 Å². The van der Waals surface area contributed by atoms with Crippen LogP contribution in [0.1, 0.15) is 5.69 Å². The summed E-state index contributed by atoms with van der Waals surface area (Å²) in [5.74, 6) is 0.464. The van der Waals surface area contributed by atoms with Gasteiger partial charge in [-0.3, -0.25) is 0 Å². The molecule has 1 aromatic carbocycles. The maximum atomic E-state index is 6.04. The van der Waals surface area contributed by atoms with E-state index >= 15 is 0 Å². The SMILES string of the molecule is Clc1ccc2nc(COc3c(Cl)cccc3Cl)cn2c1. The van der Waals surface area contributed by atoms with Crippen molar-refractivity contribution in [2.75, 3.05) is 0 Å². The van der Waals surface area contributed by atoms with Gasteiger partial charge < -0.3 is 9.14 Å². The molecule has 0 aliphatic carbocycles. The zero-order valence-electron chi connectivity index (χ0n) is 10.2. The minimum absolute atomic E-state index is 0.281. The molecular weight excluding hydrogens is 319 g/mol. The molecule has 0 radical (unpaired) electrons. The van der Waals surface area contributed by atoms with Gasteiger partial charge in [-0.2, -0.15) is 0 Å². The number of hydrogen-bond donors (Lipinski definition) is 0. The zero-order chi connectivity index (χ0) is 14.1. The van der Waals surface area contributed by atoms with E-state index in [1.54, 1.807) is 30.5 Å². The Labute approximate surface area is 130 Å². The van der Waals surface area contributed by atoms with Crippen molar-refractivity contribution >= 4 is 40.4 Å². The normalized spacial score (nSPS) is 10.9. The van der Waals surface area contributed by atoms with Crippen molar-refractivity contribution in [3.63, 3.8) is 0 Å². The number of aromatic nitrogens is 2. The smallest absolute Gasteiger partial charge is 0.157 e. The number of halogens is 3. The monoisotopic (exact) mass is 326 g/mol. The van der Waals surface area contributed by atoms with E-state index in [1.165, 1.54) is 0 Å². The quantitative estimate of drug-likeness (QED) is 0.686. The Morgan fingerprint density at radius 2 is 1.75 bits per heavy atom. The summed E-state index contributed by atoms with van der Waals surface area (Å²) in [6.45, 7) is 0.281. The van der Waals surface area contributed by atoms with Crippen molar-refractivity contribution in [2.24, 2.45) is 0 Å². The fourth-order valence-electron chi connectivity index (χ4n) is 1.85. The summed E-state index contributed by atoms with van der Waals surface area (Å²) in [5, 5.41) is 1.60. The highest BCUT2D eigenvalue weighted by molar-refractivity contribution is 6.37. The van der Waals surface area contributed by atoms with Crippen molar-refractivity contribution in [1.29, 1.82) is 0 Å². The van der Waals surface area contributed by atoms with Crippen LogP contribution in [-0.2, 0) is 6.61 Å². The van der Waals surface area contributed by atoms with Crippen molar-refractivity contribution < 1.29 is 4.74 Å². The lowest BCUT2D eigenvalue weighted by atomic mass is 10.3. The van der Waals surface area contributed by atoms with Crippen molar-refractivity contribution in [2.45, 2.75) is 6.61 Å². The number of benzene rings is 1. The molecule has 0 unspecified atom stereocenters. The number of para-hydroxylation sites is 1. The Morgan fingerprint density at radius 1 is 1.00 bits per heavy atom. The average molecular weight is 328 g/mol. The summed E-state index contributed by atoms with van der Waals surface area (Å²) in [6.07, 6.45) is 3.64. The molecular formula is C14H9Cl3N2O. The summed E-state index contributed by atoms with van der Waals surface area (Å²) in [4.78, 5) is 4.42. The van der Waals surface area contributed by atoms with E-state index in [-0.39, 0.29) is 6.61 Å². The maximum Gasteiger partial charge on any atom is 0.157 e. The maximum absolute atomic E-state index is 6.04. The number of nitrogens with zero attached hydrogens (tertiary/aromatic N) is 2. The van der Waals surface area contributed by atoms with Crippen LogP contribution in [-0.4, -0.2) is 9.38 Å². The van der Waals surface area contributed by atoms with Gasteiger partial charge in [0.15, 0.2) is 5.75 Å². The lowest BCUT2D eigenvalue weighted by molar-refractivity contribution is 0.302. The molecule has 0 saturated carbocycles. The molecule has 0 bridgehead atoms. The van der Waals surface area contributed by atoms with Gasteiger partial charge in [0.05, 0.1) is 20.8 Å². The van der Waals surface area contributed by atoms with Crippen LogP contribution in [0.2, 0.25) is 15.1 Å². The van der Waals surface area contributed by atoms with Gasteiger partial charge >= 0.3 is 0 Å². The minimum atomic E-state index is 0.281. The summed E-state index contributed by atoms with van der Waals surface area (Å²) < 4.78 is 7.48. The van der Waals surface area contributed by atoms with E-state index in [9.17, 15) is 0 Å². The first-order valence-electron chi connectivity index (χ1n) is 5.83. The molecule has 0 N–H and O–H groups in total. The highest BCUT2D eigenvalue weighted by Crippen LogP contribution is 2.32. The number of rotatable bonds is 3. The van der Waals surface area contributed by atoms with Gasteiger partial charge in [0.25, 0.3) is 0 Å². The molecule has 0 saturated heterocycles. The van der Waals surface area contributed by atoms with Crippen LogP contribution in [0.25, 0.3) is 5.65 Å². The number of fused-ring (bicyclic) bond motifs is 1. The Morgan fingerprint density at radius 3 is 2.50 bits per heavy atom. The topological polar surface area (TPSA) is 26.5 Å². The summed E-state index contributed by atoms with van der Waals surface area (Å²) in [7, 11) is 0. The second kappa shape index (κ2) is 5.52. The standard InChI is InChI=1S/C14H9Cl3N2O/c15-9-4-5-13-18-10(7-19(13)6-9)8-20-14-11(16)2-1-3-12(14)17/h1-7H,8H2. The lowest BCUT2D eigenvalue weighted by Gasteiger charge is -2.07. The first-order chi connectivity index (χ1) is 9.63. The second-order valence-corrected chi connectivity index (χ2v) is 5.44. The predicted molar refractivity (Wildman–Crippen MR) is 81.0 cm³/mol. The average Bonchev–Trinajstić information content (AvgIpc) is 2.80. The largest absolute Gasteiger partial charge is 0.484 e. The molecule has 0 aliphatic rings. The van der Waals surface area contributed by atoms with E-state index < -0.39 is 0 Å². The summed E-state index contributed by atoms with van der Waals surface area (Å²) in [6, 6.07) is 8.86. The molecule has 0 aliphatic heterocycles. The number of hydrogen-bond acceptors (Lipinski definition) is 2. The summed E-state index contributed by atoms with van der Waals surface area (Å²) in [5.41, 5.74) is 1.57. The molecule has 0 amide bonds. The molecule has 20 heavy (non-hydrogen) atoms. The molecule has 0 fully saturated rings. The fraction of sp³-hybridized carbons (Fsp3) is 0.0714. The fourth-order valence-corrected chi connectivity index (χ4v) is 2.53. The molecule has 0 spiro atoms. The molecule has 6 heteroatoms. The van der Waals surface area contributed by atoms with E-state index in [4.69, 9.17) is 39.5 Å². The molecule has 3 rings (SSSR count). The van der Waals surface area contributed by atoms with Crippen LogP contribution in [0.4, 0.5) is 0 Å². The third-order valence-corrected chi connectivity index (χ3v) is 3.57. The van der Waals surface area contributed by atoms with Crippen LogP contribution in [0.15, 0.2) is 42.7 Å². The van der Waals surface area contributed by atoms with Crippen LogP contribution < -0.4 is 4.74 Å². The van der Waals surface area contributed by atoms with Crippen LogP contribution in [0, 0.1) is 0 Å². The highest BCUT2D eigenvalue weighted by atomic mass is 35.5. The van der Waals surface area contributed by atoms with Crippen LogP contribution in [0.3, 0.4) is 0 Å². The third-order valence-electron chi connectivity index (χ3n) is 2.75. The van der Waals surface area contributed by atoms with Crippen molar-refractivity contribution in [3.05, 3.63) is 63.5 Å². The molecule has 2 heterocycles. The van der Waals surface area contributed by atoms with Crippen LogP contribution >= 0.6 is 34.8 Å². The Hall–Kier alpha value is -1.42. The Bertz CT molecular complexity index is 750. The number of imidazole rings is 1. The van der Waals surface area contributed by atoms with Gasteiger partial charge in [0.2, 0.25) is 0 Å². The number of pyridine rings is 1. The van der Waals surface area contributed by atoms with Gasteiger partial charge in [0.1, 0.15) is 12.3 Å². The van der Waals surface area contributed by atoms with E-state index in [0.29, 0.717) is 20.8 Å². The summed E-state index contributed by atoms with van der Waals surface area (Å²) >= 11 is 18.0. The first-order valence-corrected chi connectivity index (χ1v) is 6.97. The molecule has 102 valence electrons. The third kappa shape index (κ3) is 2.70. The van der Waals surface area contributed by atoms with Gasteiger partial charge in [0, 0.05) is 12.4 Å².